The molecule has 4 rings (SSSR count). The summed E-state index contributed by atoms with van der Waals surface area (Å²) in [5.74, 6) is 0.0301. The normalized spacial score (nSPS) is 11.4. The molecule has 0 aliphatic rings. The zero-order valence-corrected chi connectivity index (χ0v) is 22.2. The Balaban J connectivity index is 1.45. The fourth-order valence-corrected chi connectivity index (χ4v) is 4.12. The van der Waals surface area contributed by atoms with E-state index in [1.54, 1.807) is 25.3 Å². The lowest BCUT2D eigenvalue weighted by Gasteiger charge is -2.16. The van der Waals surface area contributed by atoms with Crippen molar-refractivity contribution in [1.82, 2.24) is 20.3 Å². The third-order valence-electron chi connectivity index (χ3n) is 6.43. The van der Waals surface area contributed by atoms with Gasteiger partial charge in [-0.05, 0) is 62.1 Å². The highest BCUT2D eigenvalue weighted by molar-refractivity contribution is 5.99. The van der Waals surface area contributed by atoms with Crippen LogP contribution in [0.2, 0.25) is 0 Å². The van der Waals surface area contributed by atoms with Gasteiger partial charge in [-0.3, -0.25) is 4.79 Å². The molecule has 1 atom stereocenters. The summed E-state index contributed by atoms with van der Waals surface area (Å²) in [4.78, 5) is 26.4. The van der Waals surface area contributed by atoms with Crippen LogP contribution >= 0.6 is 0 Å². The number of pyridine rings is 1. The lowest BCUT2D eigenvalue weighted by Crippen LogP contribution is -2.28. The van der Waals surface area contributed by atoms with Gasteiger partial charge < -0.3 is 22.1 Å². The molecule has 9 nitrogen and oxygen atoms in total. The molecule has 40 heavy (non-hydrogen) atoms. The van der Waals surface area contributed by atoms with Gasteiger partial charge >= 0.3 is 0 Å². The molecular formula is C30H31FN8O. The van der Waals surface area contributed by atoms with Crippen molar-refractivity contribution < 1.29 is 9.18 Å². The van der Waals surface area contributed by atoms with Crippen LogP contribution in [0.1, 0.15) is 58.5 Å². The number of aryl methyl sites for hydroxylation is 1. The van der Waals surface area contributed by atoms with Crippen molar-refractivity contribution in [3.63, 3.8) is 0 Å². The van der Waals surface area contributed by atoms with Crippen LogP contribution in [0.3, 0.4) is 0 Å². The van der Waals surface area contributed by atoms with Crippen LogP contribution in [0.15, 0.2) is 67.0 Å². The van der Waals surface area contributed by atoms with Gasteiger partial charge in [0.2, 0.25) is 0 Å². The second kappa shape index (κ2) is 13.3. The summed E-state index contributed by atoms with van der Waals surface area (Å²) >= 11 is 0. The van der Waals surface area contributed by atoms with Gasteiger partial charge in [-0.25, -0.2) is 19.3 Å². The van der Waals surface area contributed by atoms with E-state index in [4.69, 9.17) is 16.5 Å². The first kappa shape index (κ1) is 28.1. The Kier molecular flexibility index (Phi) is 9.33. The number of hydrogen-bond donors (Lipinski definition) is 4. The number of hydrogen-bond acceptors (Lipinski definition) is 8. The van der Waals surface area contributed by atoms with E-state index >= 15 is 0 Å². The fraction of sp³-hybridized carbons (Fsp3) is 0.233. The second-order valence-corrected chi connectivity index (χ2v) is 9.36. The summed E-state index contributed by atoms with van der Waals surface area (Å²) in [6, 6.07) is 16.9. The van der Waals surface area contributed by atoms with E-state index < -0.39 is 5.91 Å². The Labute approximate surface area is 232 Å². The maximum Gasteiger partial charge on any atom is 0.255 e. The van der Waals surface area contributed by atoms with E-state index in [1.165, 1.54) is 24.4 Å². The number of nitrogens with zero attached hydrogens (tertiary/aromatic N) is 4. The molecule has 2 aromatic carbocycles. The highest BCUT2D eigenvalue weighted by Gasteiger charge is 2.17. The fourth-order valence-electron chi connectivity index (χ4n) is 4.12. The maximum absolute atomic E-state index is 13.3. The predicted octanol–water partition coefficient (Wildman–Crippen LogP) is 4.52. The molecule has 0 saturated heterocycles. The summed E-state index contributed by atoms with van der Waals surface area (Å²) in [5, 5.41) is 15.4. The minimum absolute atomic E-state index is 0.240. The minimum atomic E-state index is -0.400. The zero-order chi connectivity index (χ0) is 28.5. The summed E-state index contributed by atoms with van der Waals surface area (Å²) in [6.45, 7) is 2.82. The van der Waals surface area contributed by atoms with Gasteiger partial charge in [0.15, 0.2) is 0 Å². The van der Waals surface area contributed by atoms with Gasteiger partial charge in [0.1, 0.15) is 23.5 Å². The van der Waals surface area contributed by atoms with E-state index in [0.29, 0.717) is 24.7 Å². The number of carbonyl (C=O) groups excluding carboxylic acids is 1. The van der Waals surface area contributed by atoms with Crippen molar-refractivity contribution in [3.05, 3.63) is 101 Å². The first-order chi connectivity index (χ1) is 19.4. The quantitative estimate of drug-likeness (QED) is 0.203. The molecule has 0 aliphatic heterocycles. The van der Waals surface area contributed by atoms with E-state index in [9.17, 15) is 14.4 Å². The molecule has 0 spiro atoms. The SMILES string of the molecule is C[C@H](NC(=O)c1cc(C#N)cnc1NCc1ccc(-c2cnc(N)c(CCCCN)n2)cc1)c1ccc(F)cc1. The van der Waals surface area contributed by atoms with Crippen LogP contribution in [0.4, 0.5) is 16.0 Å². The Morgan fingerprint density at radius 1 is 1.07 bits per heavy atom. The summed E-state index contributed by atoms with van der Waals surface area (Å²) in [7, 11) is 0. The molecule has 0 unspecified atom stereocenters. The zero-order valence-electron chi connectivity index (χ0n) is 22.2. The van der Waals surface area contributed by atoms with Crippen LogP contribution in [0, 0.1) is 17.1 Å². The summed E-state index contributed by atoms with van der Waals surface area (Å²) < 4.78 is 13.3. The van der Waals surface area contributed by atoms with Gasteiger partial charge in [-0.2, -0.15) is 5.26 Å². The van der Waals surface area contributed by atoms with Gasteiger partial charge in [0, 0.05) is 18.3 Å². The number of nitrogens with two attached hydrogens (primary N) is 2. The number of amides is 1. The number of anilines is 2. The van der Waals surface area contributed by atoms with Crippen LogP contribution < -0.4 is 22.1 Å². The average Bonchev–Trinajstić information content (AvgIpc) is 2.97. The maximum atomic E-state index is 13.3. The number of nitrogen functional groups attached to an aromatic ring is 1. The van der Waals surface area contributed by atoms with E-state index in [0.717, 1.165) is 47.3 Å². The topological polar surface area (TPSA) is 156 Å². The third-order valence-corrected chi connectivity index (χ3v) is 6.43. The molecule has 0 radical (unpaired) electrons. The molecule has 6 N–H and O–H groups in total. The highest BCUT2D eigenvalue weighted by Crippen LogP contribution is 2.22. The van der Waals surface area contributed by atoms with Crippen molar-refractivity contribution in [3.8, 4) is 17.3 Å². The Bertz CT molecular complexity index is 1500. The van der Waals surface area contributed by atoms with Crippen LogP contribution in [-0.2, 0) is 13.0 Å². The van der Waals surface area contributed by atoms with Crippen molar-refractivity contribution in [1.29, 1.82) is 5.26 Å². The van der Waals surface area contributed by atoms with E-state index in [1.807, 2.05) is 30.3 Å². The molecular weight excluding hydrogens is 507 g/mol. The molecule has 1 amide bonds. The molecule has 204 valence electrons. The Morgan fingerprint density at radius 3 is 2.52 bits per heavy atom. The number of rotatable bonds is 11. The number of nitriles is 1. The lowest BCUT2D eigenvalue weighted by atomic mass is 10.1. The Hall–Kier alpha value is -4.88. The van der Waals surface area contributed by atoms with E-state index in [2.05, 4.69) is 20.6 Å². The van der Waals surface area contributed by atoms with Gasteiger partial charge in [-0.1, -0.05) is 36.4 Å². The number of benzene rings is 2. The van der Waals surface area contributed by atoms with Crippen LogP contribution in [-0.4, -0.2) is 27.4 Å². The minimum Gasteiger partial charge on any atom is -0.382 e. The van der Waals surface area contributed by atoms with Gasteiger partial charge in [-0.15, -0.1) is 0 Å². The summed E-state index contributed by atoms with van der Waals surface area (Å²) in [5.41, 5.74) is 16.2. The number of carbonyl (C=O) groups is 1. The summed E-state index contributed by atoms with van der Waals surface area (Å²) in [6.07, 6.45) is 5.60. The molecule has 4 aromatic rings. The molecule has 10 heteroatoms. The third kappa shape index (κ3) is 7.15. The second-order valence-electron chi connectivity index (χ2n) is 9.36. The van der Waals surface area contributed by atoms with Crippen molar-refractivity contribution in [2.24, 2.45) is 5.73 Å². The average molecular weight is 539 g/mol. The monoisotopic (exact) mass is 538 g/mol. The van der Waals surface area contributed by atoms with Crippen LogP contribution in [0.25, 0.3) is 11.3 Å². The molecule has 0 bridgehead atoms. The number of unbranched alkanes of at least 4 members (excludes halogenated alkanes) is 1. The highest BCUT2D eigenvalue weighted by atomic mass is 19.1. The molecule has 2 heterocycles. The largest absolute Gasteiger partial charge is 0.382 e. The predicted molar refractivity (Wildman–Crippen MR) is 152 cm³/mol. The number of nitrogens with one attached hydrogen (secondary N) is 2. The first-order valence-electron chi connectivity index (χ1n) is 13.0. The standard InChI is InChI=1S/C30H31FN8O/c1-19(22-9-11-24(31)12-10-22)38-30(40)25-14-21(15-33)17-37-29(25)36-16-20-5-7-23(8-6-20)27-18-35-28(34)26(39-27)4-2-3-13-32/h5-12,14,17-19H,2-4,13,16,32H2,1H3,(H2,34,35)(H,36,37)(H,38,40)/t19-/m0/s1. The number of halogens is 1. The Morgan fingerprint density at radius 2 is 1.82 bits per heavy atom. The first-order valence-corrected chi connectivity index (χ1v) is 13.0. The molecule has 2 aromatic heterocycles. The molecule has 0 aliphatic carbocycles. The number of aromatic nitrogens is 3. The molecule has 0 saturated carbocycles. The van der Waals surface area contributed by atoms with Crippen molar-refractivity contribution in [2.45, 2.75) is 38.8 Å². The van der Waals surface area contributed by atoms with Crippen molar-refractivity contribution >= 4 is 17.5 Å². The van der Waals surface area contributed by atoms with Crippen LogP contribution in [0.5, 0.6) is 0 Å². The lowest BCUT2D eigenvalue weighted by molar-refractivity contribution is 0.0940. The van der Waals surface area contributed by atoms with Gasteiger partial charge in [0.05, 0.1) is 34.8 Å². The van der Waals surface area contributed by atoms with Gasteiger partial charge in [0.25, 0.3) is 5.91 Å². The van der Waals surface area contributed by atoms with E-state index in [-0.39, 0.29) is 23.0 Å². The molecule has 0 fully saturated rings. The smallest absolute Gasteiger partial charge is 0.255 e. The van der Waals surface area contributed by atoms with Crippen molar-refractivity contribution in [2.75, 3.05) is 17.6 Å².